The minimum absolute atomic E-state index is 0.183. The fourth-order valence-electron chi connectivity index (χ4n) is 2.68. The third-order valence-corrected chi connectivity index (χ3v) is 3.93. The van der Waals surface area contributed by atoms with E-state index in [9.17, 15) is 4.79 Å². The molecule has 0 aliphatic rings. The van der Waals surface area contributed by atoms with Gasteiger partial charge in [-0.15, -0.1) is 0 Å². The van der Waals surface area contributed by atoms with Crippen LogP contribution >= 0.6 is 0 Å². The second-order valence-corrected chi connectivity index (χ2v) is 5.62. The predicted molar refractivity (Wildman–Crippen MR) is 97.7 cm³/mol. The van der Waals surface area contributed by atoms with Gasteiger partial charge in [-0.05, 0) is 34.7 Å². The summed E-state index contributed by atoms with van der Waals surface area (Å²) in [6.45, 7) is 2.24. The van der Waals surface area contributed by atoms with E-state index >= 15 is 0 Å². The van der Waals surface area contributed by atoms with Crippen LogP contribution in [-0.4, -0.2) is 12.6 Å². The van der Waals surface area contributed by atoms with E-state index in [4.69, 9.17) is 4.74 Å². The first-order valence-corrected chi connectivity index (χ1v) is 8.16. The number of hydrogen-bond acceptors (Lipinski definition) is 2. The number of ether oxygens (including phenoxy) is 1. The molecule has 120 valence electrons. The molecule has 0 radical (unpaired) electrons. The van der Waals surface area contributed by atoms with E-state index in [1.165, 1.54) is 11.1 Å². The number of carbonyl (C=O) groups is 1. The molecule has 0 aromatic heterocycles. The molecule has 0 aliphatic heterocycles. The van der Waals surface area contributed by atoms with Crippen LogP contribution in [-0.2, 0) is 16.0 Å². The van der Waals surface area contributed by atoms with Crippen molar-refractivity contribution in [3.05, 3.63) is 84.4 Å². The molecule has 24 heavy (non-hydrogen) atoms. The van der Waals surface area contributed by atoms with Gasteiger partial charge in [-0.3, -0.25) is 4.79 Å². The molecule has 3 aromatic carbocycles. The minimum Gasteiger partial charge on any atom is -0.466 e. The second kappa shape index (κ2) is 7.60. The highest BCUT2D eigenvalue weighted by Crippen LogP contribution is 2.25. The average molecular weight is 316 g/mol. The van der Waals surface area contributed by atoms with Crippen LogP contribution in [0, 0.1) is 0 Å². The van der Waals surface area contributed by atoms with Crippen LogP contribution in [0.15, 0.2) is 78.9 Å². The molecule has 0 heterocycles. The van der Waals surface area contributed by atoms with E-state index in [0.29, 0.717) is 13.0 Å². The summed E-state index contributed by atoms with van der Waals surface area (Å²) in [4.78, 5) is 11.5. The van der Waals surface area contributed by atoms with Gasteiger partial charge in [0.2, 0.25) is 0 Å². The lowest BCUT2D eigenvalue weighted by Crippen LogP contribution is -2.07. The van der Waals surface area contributed by atoms with Gasteiger partial charge in [0.1, 0.15) is 0 Å². The quantitative estimate of drug-likeness (QED) is 0.610. The summed E-state index contributed by atoms with van der Waals surface area (Å²) in [5.74, 6) is -0.183. The van der Waals surface area contributed by atoms with Gasteiger partial charge in [0.25, 0.3) is 0 Å². The third kappa shape index (κ3) is 3.90. The number of carbonyl (C=O) groups excluding carboxylic acids is 1. The maximum absolute atomic E-state index is 11.5. The van der Waals surface area contributed by atoms with Gasteiger partial charge in [0.05, 0.1) is 13.0 Å². The molecule has 0 bridgehead atoms. The van der Waals surface area contributed by atoms with Crippen molar-refractivity contribution in [3.63, 3.8) is 0 Å². The van der Waals surface area contributed by atoms with Crippen molar-refractivity contribution >= 4 is 5.97 Å². The predicted octanol–water partition coefficient (Wildman–Crippen LogP) is 5.13. The van der Waals surface area contributed by atoms with Crippen LogP contribution in [0.1, 0.15) is 12.5 Å². The Morgan fingerprint density at radius 3 is 1.67 bits per heavy atom. The molecule has 0 atom stereocenters. The highest BCUT2D eigenvalue weighted by Gasteiger charge is 2.05. The molecular weight excluding hydrogens is 296 g/mol. The lowest BCUT2D eigenvalue weighted by atomic mass is 9.99. The summed E-state index contributed by atoms with van der Waals surface area (Å²) in [5, 5.41) is 0. The van der Waals surface area contributed by atoms with E-state index in [-0.39, 0.29) is 5.97 Å². The van der Waals surface area contributed by atoms with E-state index in [0.717, 1.165) is 16.7 Å². The Kier molecular flexibility index (Phi) is 5.07. The lowest BCUT2D eigenvalue weighted by molar-refractivity contribution is -0.142. The molecule has 0 unspecified atom stereocenters. The van der Waals surface area contributed by atoms with E-state index in [2.05, 4.69) is 36.4 Å². The van der Waals surface area contributed by atoms with Gasteiger partial charge in [-0.25, -0.2) is 0 Å². The molecule has 0 N–H and O–H groups in total. The van der Waals surface area contributed by atoms with Crippen molar-refractivity contribution in [2.75, 3.05) is 6.61 Å². The van der Waals surface area contributed by atoms with Crippen molar-refractivity contribution in [3.8, 4) is 22.3 Å². The number of hydrogen-bond donors (Lipinski definition) is 0. The van der Waals surface area contributed by atoms with Gasteiger partial charge < -0.3 is 4.74 Å². The Morgan fingerprint density at radius 2 is 1.17 bits per heavy atom. The maximum Gasteiger partial charge on any atom is 0.310 e. The zero-order valence-electron chi connectivity index (χ0n) is 13.7. The average Bonchev–Trinajstić information content (AvgIpc) is 2.63. The normalized spacial score (nSPS) is 10.4. The Balaban J connectivity index is 1.74. The van der Waals surface area contributed by atoms with E-state index in [1.807, 2.05) is 49.4 Å². The van der Waals surface area contributed by atoms with Gasteiger partial charge in [0.15, 0.2) is 0 Å². The summed E-state index contributed by atoms with van der Waals surface area (Å²) in [6, 6.07) is 26.9. The van der Waals surface area contributed by atoms with Crippen molar-refractivity contribution in [1.82, 2.24) is 0 Å². The molecular formula is C22H20O2. The van der Waals surface area contributed by atoms with Crippen molar-refractivity contribution in [1.29, 1.82) is 0 Å². The first kappa shape index (κ1) is 16.0. The van der Waals surface area contributed by atoms with Crippen LogP contribution in [0.4, 0.5) is 0 Å². The van der Waals surface area contributed by atoms with Crippen LogP contribution in [0.5, 0.6) is 0 Å². The first-order valence-electron chi connectivity index (χ1n) is 8.16. The molecule has 0 fully saturated rings. The summed E-state index contributed by atoms with van der Waals surface area (Å²) < 4.78 is 4.98. The highest BCUT2D eigenvalue weighted by molar-refractivity contribution is 5.74. The monoisotopic (exact) mass is 316 g/mol. The molecule has 2 heteroatoms. The number of rotatable bonds is 5. The topological polar surface area (TPSA) is 26.3 Å². The van der Waals surface area contributed by atoms with Gasteiger partial charge >= 0.3 is 5.97 Å². The minimum atomic E-state index is -0.183. The Labute approximate surface area is 142 Å². The molecule has 2 nitrogen and oxygen atoms in total. The van der Waals surface area contributed by atoms with Crippen LogP contribution < -0.4 is 0 Å². The fourth-order valence-corrected chi connectivity index (χ4v) is 2.68. The van der Waals surface area contributed by atoms with Gasteiger partial charge in [-0.1, -0.05) is 78.9 Å². The molecule has 3 rings (SSSR count). The zero-order valence-corrected chi connectivity index (χ0v) is 13.7. The number of benzene rings is 3. The van der Waals surface area contributed by atoms with E-state index < -0.39 is 0 Å². The third-order valence-electron chi connectivity index (χ3n) is 3.93. The Bertz CT molecular complexity index is 788. The number of esters is 1. The maximum atomic E-state index is 11.5. The Morgan fingerprint density at radius 1 is 0.708 bits per heavy atom. The second-order valence-electron chi connectivity index (χ2n) is 5.62. The molecule has 3 aromatic rings. The van der Waals surface area contributed by atoms with Crippen LogP contribution in [0.3, 0.4) is 0 Å². The van der Waals surface area contributed by atoms with Crippen molar-refractivity contribution in [2.24, 2.45) is 0 Å². The largest absolute Gasteiger partial charge is 0.466 e. The van der Waals surface area contributed by atoms with Gasteiger partial charge in [0, 0.05) is 0 Å². The Hall–Kier alpha value is -2.87. The highest BCUT2D eigenvalue weighted by atomic mass is 16.5. The summed E-state index contributed by atoms with van der Waals surface area (Å²) >= 11 is 0. The smallest absolute Gasteiger partial charge is 0.310 e. The molecule has 0 spiro atoms. The summed E-state index contributed by atoms with van der Waals surface area (Å²) in [5.41, 5.74) is 5.70. The lowest BCUT2D eigenvalue weighted by Gasteiger charge is -2.06. The van der Waals surface area contributed by atoms with Crippen LogP contribution in [0.25, 0.3) is 22.3 Å². The van der Waals surface area contributed by atoms with Crippen molar-refractivity contribution in [2.45, 2.75) is 13.3 Å². The SMILES string of the molecule is CCOC(=O)Cc1ccc(-c2ccc(-c3ccccc3)cc2)cc1. The zero-order chi connectivity index (χ0) is 16.8. The van der Waals surface area contributed by atoms with Gasteiger partial charge in [-0.2, -0.15) is 0 Å². The first-order chi connectivity index (χ1) is 11.8. The van der Waals surface area contributed by atoms with Crippen molar-refractivity contribution < 1.29 is 9.53 Å². The molecule has 0 amide bonds. The van der Waals surface area contributed by atoms with Crippen LogP contribution in [0.2, 0.25) is 0 Å². The molecule has 0 saturated heterocycles. The summed E-state index contributed by atoms with van der Waals surface area (Å²) in [7, 11) is 0. The molecule has 0 saturated carbocycles. The summed E-state index contributed by atoms with van der Waals surface area (Å²) in [6.07, 6.45) is 0.321. The molecule has 0 aliphatic carbocycles. The fraction of sp³-hybridized carbons (Fsp3) is 0.136. The van der Waals surface area contributed by atoms with E-state index in [1.54, 1.807) is 0 Å². The standard InChI is InChI=1S/C22H20O2/c1-2-24-22(23)16-17-8-10-19(11-9-17)21-14-12-20(13-15-21)18-6-4-3-5-7-18/h3-15H,2,16H2,1H3.